The molecule has 2 aromatic heterocycles. The van der Waals surface area contributed by atoms with Crippen LogP contribution >= 0.6 is 0 Å². The maximum absolute atomic E-state index is 10.9. The molecule has 106 valence electrons. The van der Waals surface area contributed by atoms with Gasteiger partial charge in [-0.3, -0.25) is 0 Å². The van der Waals surface area contributed by atoms with E-state index < -0.39 is 27.2 Å². The lowest BCUT2D eigenvalue weighted by molar-refractivity contribution is -0.393. The maximum atomic E-state index is 10.9. The number of nitro groups is 2. The van der Waals surface area contributed by atoms with E-state index >= 15 is 0 Å². The predicted molar refractivity (Wildman–Crippen MR) is 62.2 cm³/mol. The zero-order chi connectivity index (χ0) is 14.9. The highest BCUT2D eigenvalue weighted by molar-refractivity contribution is 5.65. The first-order chi connectivity index (χ1) is 9.41. The number of hydrogen-bond acceptors (Lipinski definition) is 10. The molecule has 0 saturated carbocycles. The van der Waals surface area contributed by atoms with Crippen LogP contribution in [-0.2, 0) is 13.1 Å². The standard InChI is InChI=1S/C6H8N10O4/c7-3-4(15(17)18)10-13(5(3)16(19)20)1-2-14-6(8)9-11-12-14/h1-2,7H2,(H2,8,9,12). The molecule has 2 aromatic rings. The summed E-state index contributed by atoms with van der Waals surface area (Å²) in [4.78, 5) is 19.8. The summed E-state index contributed by atoms with van der Waals surface area (Å²) in [6, 6.07) is 0. The Morgan fingerprint density at radius 1 is 1.10 bits per heavy atom. The number of nitrogens with zero attached hydrogens (tertiary/aromatic N) is 8. The number of nitrogens with two attached hydrogens (primary N) is 2. The molecule has 0 bridgehead atoms. The molecule has 0 fully saturated rings. The number of tetrazole rings is 1. The number of rotatable bonds is 5. The molecule has 0 spiro atoms. The first-order valence-electron chi connectivity index (χ1n) is 5.08. The summed E-state index contributed by atoms with van der Waals surface area (Å²) in [6.07, 6.45) is 0. The van der Waals surface area contributed by atoms with Crippen LogP contribution in [0.15, 0.2) is 0 Å². The highest BCUT2D eigenvalue weighted by Crippen LogP contribution is 2.30. The van der Waals surface area contributed by atoms with Crippen LogP contribution in [-0.4, -0.2) is 39.8 Å². The van der Waals surface area contributed by atoms with Crippen LogP contribution in [0.5, 0.6) is 0 Å². The number of hydrogen-bond donors (Lipinski definition) is 2. The van der Waals surface area contributed by atoms with E-state index in [0.717, 1.165) is 9.36 Å². The van der Waals surface area contributed by atoms with Gasteiger partial charge in [0, 0.05) is 0 Å². The SMILES string of the molecule is Nc1c([N+](=O)[O-])nn(CCn2nnnc2N)c1[N+](=O)[O-]. The molecule has 2 rings (SSSR count). The largest absolute Gasteiger partial charge is 0.443 e. The van der Waals surface area contributed by atoms with Gasteiger partial charge in [-0.05, 0) is 25.0 Å². The lowest BCUT2D eigenvalue weighted by Gasteiger charge is -1.98. The summed E-state index contributed by atoms with van der Waals surface area (Å²) in [5.74, 6) is -1.44. The Labute approximate surface area is 109 Å². The fraction of sp³-hybridized carbons (Fsp3) is 0.333. The Morgan fingerprint density at radius 2 is 1.75 bits per heavy atom. The van der Waals surface area contributed by atoms with Crippen molar-refractivity contribution in [2.24, 2.45) is 0 Å². The second-order valence-corrected chi connectivity index (χ2v) is 3.56. The summed E-state index contributed by atoms with van der Waals surface area (Å²) in [5, 5.41) is 35.3. The van der Waals surface area contributed by atoms with Crippen molar-refractivity contribution in [2.45, 2.75) is 13.1 Å². The fourth-order valence-electron chi connectivity index (χ4n) is 1.50. The molecule has 0 aromatic carbocycles. The van der Waals surface area contributed by atoms with Crippen molar-refractivity contribution in [3.05, 3.63) is 20.2 Å². The molecule has 14 nitrogen and oxygen atoms in total. The van der Waals surface area contributed by atoms with Crippen LogP contribution in [0.25, 0.3) is 0 Å². The second kappa shape index (κ2) is 4.75. The minimum atomic E-state index is -0.899. The van der Waals surface area contributed by atoms with Crippen LogP contribution < -0.4 is 11.5 Å². The molecule has 0 saturated heterocycles. The molecule has 2 heterocycles. The number of aromatic nitrogens is 6. The van der Waals surface area contributed by atoms with E-state index in [1.165, 1.54) is 0 Å². The zero-order valence-electron chi connectivity index (χ0n) is 9.78. The van der Waals surface area contributed by atoms with Crippen molar-refractivity contribution in [2.75, 3.05) is 11.5 Å². The van der Waals surface area contributed by atoms with E-state index in [-0.39, 0.29) is 19.0 Å². The topological polar surface area (TPSA) is 200 Å². The van der Waals surface area contributed by atoms with Gasteiger partial charge in [0.25, 0.3) is 0 Å². The van der Waals surface area contributed by atoms with Gasteiger partial charge >= 0.3 is 11.6 Å². The van der Waals surface area contributed by atoms with E-state index in [9.17, 15) is 20.2 Å². The Hall–Kier alpha value is -3.32. The van der Waals surface area contributed by atoms with Gasteiger partial charge in [0.15, 0.2) is 11.6 Å². The average Bonchev–Trinajstić information content (AvgIpc) is 2.90. The highest BCUT2D eigenvalue weighted by Gasteiger charge is 2.34. The van der Waals surface area contributed by atoms with Gasteiger partial charge in [0.05, 0.1) is 6.54 Å². The molecule has 0 aliphatic rings. The smallest absolute Gasteiger partial charge is 0.385 e. The summed E-state index contributed by atoms with van der Waals surface area (Å²) >= 11 is 0. The van der Waals surface area contributed by atoms with Crippen LogP contribution in [0.3, 0.4) is 0 Å². The molecule has 0 unspecified atom stereocenters. The number of nitrogen functional groups attached to an aromatic ring is 2. The van der Waals surface area contributed by atoms with Crippen LogP contribution in [0.4, 0.5) is 23.3 Å². The van der Waals surface area contributed by atoms with Gasteiger partial charge < -0.3 is 31.7 Å². The third kappa shape index (κ3) is 2.16. The van der Waals surface area contributed by atoms with Gasteiger partial charge in [0.2, 0.25) is 11.6 Å². The molecular weight excluding hydrogens is 276 g/mol. The highest BCUT2D eigenvalue weighted by atomic mass is 16.6. The Morgan fingerprint density at radius 3 is 2.25 bits per heavy atom. The van der Waals surface area contributed by atoms with Crippen LogP contribution in [0.1, 0.15) is 0 Å². The molecule has 14 heteroatoms. The lowest BCUT2D eigenvalue weighted by atomic mass is 10.5. The Kier molecular flexibility index (Phi) is 3.11. The second-order valence-electron chi connectivity index (χ2n) is 3.56. The van der Waals surface area contributed by atoms with Crippen molar-refractivity contribution < 1.29 is 9.85 Å². The van der Waals surface area contributed by atoms with Gasteiger partial charge in [0.1, 0.15) is 0 Å². The van der Waals surface area contributed by atoms with E-state index in [1.54, 1.807) is 0 Å². The average molecular weight is 284 g/mol. The monoisotopic (exact) mass is 284 g/mol. The van der Waals surface area contributed by atoms with Crippen LogP contribution in [0.2, 0.25) is 0 Å². The van der Waals surface area contributed by atoms with Gasteiger partial charge in [-0.1, -0.05) is 5.10 Å². The van der Waals surface area contributed by atoms with E-state index in [0.29, 0.717) is 0 Å². The van der Waals surface area contributed by atoms with Crippen molar-refractivity contribution >= 4 is 23.3 Å². The number of aryl methyl sites for hydroxylation is 2. The van der Waals surface area contributed by atoms with Crippen molar-refractivity contribution in [3.63, 3.8) is 0 Å². The zero-order valence-corrected chi connectivity index (χ0v) is 9.78. The molecule has 0 radical (unpaired) electrons. The summed E-state index contributed by atoms with van der Waals surface area (Å²) < 4.78 is 1.96. The number of anilines is 2. The lowest BCUT2D eigenvalue weighted by Crippen LogP contribution is -2.14. The molecule has 20 heavy (non-hydrogen) atoms. The molecule has 0 aliphatic carbocycles. The summed E-state index contributed by atoms with van der Waals surface area (Å²) in [5.41, 5.74) is 10.2. The third-order valence-electron chi connectivity index (χ3n) is 2.37. The molecule has 0 atom stereocenters. The first-order valence-corrected chi connectivity index (χ1v) is 5.08. The van der Waals surface area contributed by atoms with Crippen molar-refractivity contribution in [3.8, 4) is 0 Å². The molecule has 0 aliphatic heterocycles. The van der Waals surface area contributed by atoms with E-state index in [4.69, 9.17) is 11.5 Å². The quantitative estimate of drug-likeness (QED) is 0.483. The van der Waals surface area contributed by atoms with E-state index in [2.05, 4.69) is 20.6 Å². The van der Waals surface area contributed by atoms with Gasteiger partial charge in [-0.25, -0.2) is 4.68 Å². The third-order valence-corrected chi connectivity index (χ3v) is 2.37. The predicted octanol–water partition coefficient (Wildman–Crippen LogP) is -1.45. The minimum Gasteiger partial charge on any atom is -0.385 e. The molecular formula is C6H8N10O4. The summed E-state index contributed by atoms with van der Waals surface area (Å²) in [6.45, 7) is -0.0679. The normalized spacial score (nSPS) is 10.6. The Balaban J connectivity index is 2.31. The minimum absolute atomic E-state index is 0.00211. The van der Waals surface area contributed by atoms with Crippen LogP contribution in [0, 0.1) is 20.2 Å². The van der Waals surface area contributed by atoms with Gasteiger partial charge in [-0.2, -0.15) is 0 Å². The van der Waals surface area contributed by atoms with Crippen molar-refractivity contribution in [1.29, 1.82) is 0 Å². The molecule has 4 N–H and O–H groups in total. The van der Waals surface area contributed by atoms with Gasteiger partial charge in [-0.15, -0.1) is 0 Å². The Bertz CT molecular complexity index is 673. The fourth-order valence-corrected chi connectivity index (χ4v) is 1.50. The first kappa shape index (κ1) is 13.1. The van der Waals surface area contributed by atoms with Crippen molar-refractivity contribution in [1.82, 2.24) is 30.0 Å². The molecule has 0 amide bonds. The maximum Gasteiger partial charge on any atom is 0.443 e. The van der Waals surface area contributed by atoms with E-state index in [1.807, 2.05) is 0 Å². The summed E-state index contributed by atoms with van der Waals surface area (Å²) in [7, 11) is 0.